The van der Waals surface area contributed by atoms with E-state index in [2.05, 4.69) is 0 Å². The van der Waals surface area contributed by atoms with Crippen LogP contribution in [0.25, 0.3) is 0 Å². The second-order valence-electron chi connectivity index (χ2n) is 6.07. The van der Waals surface area contributed by atoms with Gasteiger partial charge in [0.2, 0.25) is 0 Å². The van der Waals surface area contributed by atoms with E-state index in [4.69, 9.17) is 9.47 Å². The van der Waals surface area contributed by atoms with Crippen molar-refractivity contribution < 1.29 is 28.7 Å². The van der Waals surface area contributed by atoms with Crippen LogP contribution in [0, 0.1) is 5.41 Å². The molecule has 0 spiro atoms. The second-order valence-corrected chi connectivity index (χ2v) is 6.07. The van der Waals surface area contributed by atoms with Crippen molar-refractivity contribution in [1.82, 2.24) is 0 Å². The molecule has 112 valence electrons. The first-order valence-corrected chi connectivity index (χ1v) is 6.45. The van der Waals surface area contributed by atoms with Crippen LogP contribution in [0.5, 0.6) is 0 Å². The Morgan fingerprint density at radius 3 is 1.85 bits per heavy atom. The third-order valence-corrected chi connectivity index (χ3v) is 3.03. The lowest BCUT2D eigenvalue weighted by molar-refractivity contribution is -0.180. The maximum Gasteiger partial charge on any atom is 0.355 e. The Kier molecular flexibility index (Phi) is 4.36. The summed E-state index contributed by atoms with van der Waals surface area (Å²) in [5, 5.41) is 0. The average molecular weight is 284 g/mol. The molecule has 6 heteroatoms. The molecule has 0 N–H and O–H groups in total. The Morgan fingerprint density at radius 2 is 1.55 bits per heavy atom. The minimum Gasteiger partial charge on any atom is -0.457 e. The molecule has 0 aliphatic heterocycles. The van der Waals surface area contributed by atoms with Crippen LogP contribution in [0.1, 0.15) is 47.5 Å². The molecule has 1 atom stereocenters. The van der Waals surface area contributed by atoms with Crippen molar-refractivity contribution in [2.45, 2.75) is 59.2 Å². The minimum atomic E-state index is -1.61. The van der Waals surface area contributed by atoms with Crippen LogP contribution in [0.2, 0.25) is 0 Å². The lowest BCUT2D eigenvalue weighted by Gasteiger charge is -2.23. The topological polar surface area (TPSA) is 86.7 Å². The van der Waals surface area contributed by atoms with Gasteiger partial charge in [-0.2, -0.15) is 0 Å². The highest BCUT2D eigenvalue weighted by molar-refractivity contribution is 6.08. The zero-order valence-electron chi connectivity index (χ0n) is 12.4. The number of ether oxygens (including phenoxy) is 2. The molecule has 1 aliphatic rings. The van der Waals surface area contributed by atoms with Crippen molar-refractivity contribution in [3.63, 3.8) is 0 Å². The van der Waals surface area contributed by atoms with Gasteiger partial charge in [0.25, 0.3) is 6.10 Å². The van der Waals surface area contributed by atoms with E-state index in [0.717, 1.165) is 6.92 Å². The minimum absolute atomic E-state index is 0.311. The molecular formula is C14H20O6. The Labute approximate surface area is 117 Å². The standard InChI is InChI=1S/C14H20O6/c1-8(15)10(11(17)20-13(3,4)5)19-12(18)14(6-7-14)9(2)16/h10H,6-7H2,1-5H3. The van der Waals surface area contributed by atoms with Gasteiger partial charge in [0, 0.05) is 0 Å². The molecule has 0 bridgehead atoms. The maximum atomic E-state index is 12.0. The van der Waals surface area contributed by atoms with Gasteiger partial charge in [-0.1, -0.05) is 0 Å². The smallest absolute Gasteiger partial charge is 0.355 e. The Balaban J connectivity index is 2.79. The summed E-state index contributed by atoms with van der Waals surface area (Å²) in [6.07, 6.45) is -0.834. The van der Waals surface area contributed by atoms with Crippen molar-refractivity contribution >= 4 is 23.5 Å². The first kappa shape index (κ1) is 16.3. The summed E-state index contributed by atoms with van der Waals surface area (Å²) in [5.74, 6) is -2.69. The average Bonchev–Trinajstić information content (AvgIpc) is 3.02. The summed E-state index contributed by atoms with van der Waals surface area (Å²) in [6, 6.07) is 0. The predicted octanol–water partition coefficient (Wildman–Crippen LogP) is 1.20. The van der Waals surface area contributed by atoms with Gasteiger partial charge in [-0.05, 0) is 47.5 Å². The maximum absolute atomic E-state index is 12.0. The summed E-state index contributed by atoms with van der Waals surface area (Å²) >= 11 is 0. The van der Waals surface area contributed by atoms with E-state index in [1.807, 2.05) is 0 Å². The summed E-state index contributed by atoms with van der Waals surface area (Å²) in [5.41, 5.74) is -1.97. The van der Waals surface area contributed by atoms with E-state index < -0.39 is 34.8 Å². The molecule has 0 aromatic rings. The second kappa shape index (κ2) is 5.34. The monoisotopic (exact) mass is 284 g/mol. The lowest BCUT2D eigenvalue weighted by Crippen LogP contribution is -2.41. The molecule has 1 aliphatic carbocycles. The molecule has 0 aromatic carbocycles. The SMILES string of the molecule is CC(=O)C(OC(=O)C1(C(C)=O)CC1)C(=O)OC(C)(C)C. The zero-order valence-corrected chi connectivity index (χ0v) is 12.4. The fourth-order valence-electron chi connectivity index (χ4n) is 1.70. The molecule has 0 amide bonds. The summed E-state index contributed by atoms with van der Waals surface area (Å²) in [6.45, 7) is 7.35. The van der Waals surface area contributed by atoms with E-state index in [9.17, 15) is 19.2 Å². The van der Waals surface area contributed by atoms with Crippen molar-refractivity contribution in [3.05, 3.63) is 0 Å². The van der Waals surface area contributed by atoms with Crippen LogP contribution >= 0.6 is 0 Å². The van der Waals surface area contributed by atoms with Crippen LogP contribution in [0.15, 0.2) is 0 Å². The summed E-state index contributed by atoms with van der Waals surface area (Å²) in [4.78, 5) is 46.7. The predicted molar refractivity (Wildman–Crippen MR) is 68.8 cm³/mol. The fourth-order valence-corrected chi connectivity index (χ4v) is 1.70. The number of carbonyl (C=O) groups excluding carboxylic acids is 4. The fraction of sp³-hybridized carbons (Fsp3) is 0.714. The lowest BCUT2D eigenvalue weighted by atomic mass is 10.0. The Hall–Kier alpha value is -1.72. The molecule has 0 aromatic heterocycles. The van der Waals surface area contributed by atoms with Gasteiger partial charge < -0.3 is 9.47 Å². The number of ketones is 2. The number of Topliss-reactive ketones (excluding diaryl/α,β-unsaturated/α-hetero) is 2. The van der Waals surface area contributed by atoms with E-state index in [-0.39, 0.29) is 5.78 Å². The largest absolute Gasteiger partial charge is 0.457 e. The molecular weight excluding hydrogens is 264 g/mol. The van der Waals surface area contributed by atoms with Gasteiger partial charge in [-0.3, -0.25) is 14.4 Å². The number of rotatable bonds is 5. The molecule has 20 heavy (non-hydrogen) atoms. The third kappa shape index (κ3) is 3.65. The van der Waals surface area contributed by atoms with Crippen LogP contribution in [-0.4, -0.2) is 35.2 Å². The van der Waals surface area contributed by atoms with Gasteiger partial charge in [0.15, 0.2) is 5.78 Å². The molecule has 0 radical (unpaired) electrons. The Bertz CT molecular complexity index is 453. The number of esters is 2. The van der Waals surface area contributed by atoms with Crippen molar-refractivity contribution in [1.29, 1.82) is 0 Å². The van der Waals surface area contributed by atoms with Gasteiger partial charge in [-0.15, -0.1) is 0 Å². The number of hydrogen-bond acceptors (Lipinski definition) is 6. The first-order valence-electron chi connectivity index (χ1n) is 6.45. The van der Waals surface area contributed by atoms with E-state index in [1.165, 1.54) is 6.92 Å². The van der Waals surface area contributed by atoms with Crippen molar-refractivity contribution in [2.24, 2.45) is 5.41 Å². The van der Waals surface area contributed by atoms with Crippen LogP contribution in [0.4, 0.5) is 0 Å². The molecule has 6 nitrogen and oxygen atoms in total. The highest BCUT2D eigenvalue weighted by atomic mass is 16.6. The summed E-state index contributed by atoms with van der Waals surface area (Å²) < 4.78 is 9.96. The van der Waals surface area contributed by atoms with Crippen molar-refractivity contribution in [3.8, 4) is 0 Å². The zero-order chi connectivity index (χ0) is 15.7. The van der Waals surface area contributed by atoms with E-state index in [0.29, 0.717) is 12.8 Å². The van der Waals surface area contributed by atoms with Gasteiger partial charge in [-0.25, -0.2) is 4.79 Å². The first-order chi connectivity index (χ1) is 8.99. The molecule has 1 fully saturated rings. The molecule has 1 unspecified atom stereocenters. The van der Waals surface area contributed by atoms with Crippen LogP contribution < -0.4 is 0 Å². The van der Waals surface area contributed by atoms with Gasteiger partial charge in [0.1, 0.15) is 16.8 Å². The molecule has 1 saturated carbocycles. The van der Waals surface area contributed by atoms with E-state index >= 15 is 0 Å². The van der Waals surface area contributed by atoms with Crippen LogP contribution in [0.3, 0.4) is 0 Å². The van der Waals surface area contributed by atoms with Gasteiger partial charge >= 0.3 is 11.9 Å². The molecule has 0 saturated heterocycles. The quantitative estimate of drug-likeness (QED) is 0.557. The van der Waals surface area contributed by atoms with Crippen LogP contribution in [-0.2, 0) is 28.7 Å². The molecule has 0 heterocycles. The highest BCUT2D eigenvalue weighted by Crippen LogP contribution is 2.47. The van der Waals surface area contributed by atoms with E-state index in [1.54, 1.807) is 20.8 Å². The summed E-state index contributed by atoms with van der Waals surface area (Å²) in [7, 11) is 0. The van der Waals surface area contributed by atoms with Crippen molar-refractivity contribution in [2.75, 3.05) is 0 Å². The highest BCUT2D eigenvalue weighted by Gasteiger charge is 2.56. The third-order valence-electron chi connectivity index (χ3n) is 3.03. The van der Waals surface area contributed by atoms with Gasteiger partial charge in [0.05, 0.1) is 0 Å². The number of hydrogen-bond donors (Lipinski definition) is 0. The normalized spacial score (nSPS) is 17.9. The molecule has 1 rings (SSSR count). The Morgan fingerprint density at radius 1 is 1.05 bits per heavy atom. The number of carbonyl (C=O) groups is 4.